The molecule has 0 aliphatic carbocycles. The highest BCUT2D eigenvalue weighted by Gasteiger charge is 2.14. The number of nitrogens with one attached hydrogen (secondary N) is 1. The molecular formula is C17H18N4. The zero-order valence-corrected chi connectivity index (χ0v) is 12.2. The topological polar surface area (TPSA) is 63.8 Å². The maximum absolute atomic E-state index is 5.75. The van der Waals surface area contributed by atoms with E-state index in [1.807, 2.05) is 44.2 Å². The highest BCUT2D eigenvalue weighted by atomic mass is 15.2. The number of aromatic nitrogens is 2. The van der Waals surface area contributed by atoms with Gasteiger partial charge >= 0.3 is 0 Å². The molecule has 0 radical (unpaired) electrons. The lowest BCUT2D eigenvalue weighted by Gasteiger charge is -2.17. The van der Waals surface area contributed by atoms with Gasteiger partial charge in [0.2, 0.25) is 0 Å². The van der Waals surface area contributed by atoms with Crippen molar-refractivity contribution >= 4 is 10.9 Å². The van der Waals surface area contributed by atoms with Crippen LogP contribution in [0.3, 0.4) is 0 Å². The van der Waals surface area contributed by atoms with Gasteiger partial charge in [0.05, 0.1) is 17.3 Å². The molecule has 4 heteroatoms. The molecule has 4 nitrogen and oxygen atoms in total. The maximum atomic E-state index is 5.75. The Morgan fingerprint density at radius 3 is 2.67 bits per heavy atom. The summed E-state index contributed by atoms with van der Waals surface area (Å²) in [6.07, 6.45) is 1.81. The summed E-state index contributed by atoms with van der Waals surface area (Å²) in [5.74, 6) is 5.75. The molecule has 3 rings (SSSR count). The molecule has 106 valence electrons. The largest absolute Gasteiger partial charge is 0.271 e. The van der Waals surface area contributed by atoms with Crippen LogP contribution in [0.25, 0.3) is 10.9 Å². The quantitative estimate of drug-likeness (QED) is 0.571. The molecule has 2 aromatic heterocycles. The number of hydrogen-bond donors (Lipinski definition) is 2. The Bertz CT molecular complexity index is 783. The molecule has 3 N–H and O–H groups in total. The van der Waals surface area contributed by atoms with Crippen LogP contribution in [0.1, 0.15) is 28.6 Å². The van der Waals surface area contributed by atoms with Crippen LogP contribution in [-0.2, 0) is 0 Å². The lowest BCUT2D eigenvalue weighted by molar-refractivity contribution is 0.621. The molecule has 0 spiro atoms. The van der Waals surface area contributed by atoms with Crippen LogP contribution in [0.15, 0.2) is 48.7 Å². The van der Waals surface area contributed by atoms with Gasteiger partial charge in [-0.1, -0.05) is 12.1 Å². The predicted molar refractivity (Wildman–Crippen MR) is 84.6 cm³/mol. The number of benzene rings is 1. The first-order chi connectivity index (χ1) is 10.2. The second-order valence-electron chi connectivity index (χ2n) is 5.26. The third-order valence-electron chi connectivity index (χ3n) is 3.58. The number of hydrogen-bond acceptors (Lipinski definition) is 4. The number of fused-ring (bicyclic) bond motifs is 1. The minimum absolute atomic E-state index is 0.129. The molecule has 1 aromatic carbocycles. The van der Waals surface area contributed by atoms with E-state index in [0.29, 0.717) is 0 Å². The van der Waals surface area contributed by atoms with E-state index in [1.54, 1.807) is 6.20 Å². The van der Waals surface area contributed by atoms with E-state index in [2.05, 4.69) is 27.5 Å². The lowest BCUT2D eigenvalue weighted by Crippen LogP contribution is -2.29. The van der Waals surface area contributed by atoms with Crippen molar-refractivity contribution in [2.24, 2.45) is 5.84 Å². The Morgan fingerprint density at radius 2 is 1.90 bits per heavy atom. The van der Waals surface area contributed by atoms with Crippen molar-refractivity contribution in [3.8, 4) is 0 Å². The SMILES string of the molecule is Cc1ccnc(C(NN)c2ccc3nc(C)ccc3c2)c1. The van der Waals surface area contributed by atoms with Crippen LogP contribution in [0.5, 0.6) is 0 Å². The average molecular weight is 278 g/mol. The fourth-order valence-corrected chi connectivity index (χ4v) is 2.50. The van der Waals surface area contributed by atoms with Gasteiger partial charge in [-0.15, -0.1) is 0 Å². The molecule has 0 aliphatic rings. The molecule has 0 fully saturated rings. The van der Waals surface area contributed by atoms with Gasteiger partial charge in [0.1, 0.15) is 0 Å². The summed E-state index contributed by atoms with van der Waals surface area (Å²) in [5, 5.41) is 1.10. The van der Waals surface area contributed by atoms with Crippen molar-refractivity contribution in [3.05, 3.63) is 71.2 Å². The zero-order valence-electron chi connectivity index (χ0n) is 12.2. The summed E-state index contributed by atoms with van der Waals surface area (Å²) in [7, 11) is 0. The van der Waals surface area contributed by atoms with E-state index in [1.165, 1.54) is 5.56 Å². The summed E-state index contributed by atoms with van der Waals surface area (Å²) in [6.45, 7) is 4.04. The zero-order chi connectivity index (χ0) is 14.8. The molecular weight excluding hydrogens is 260 g/mol. The Hall–Kier alpha value is -2.30. The smallest absolute Gasteiger partial charge is 0.0881 e. The Kier molecular flexibility index (Phi) is 3.64. The Morgan fingerprint density at radius 1 is 1.05 bits per heavy atom. The predicted octanol–water partition coefficient (Wildman–Crippen LogP) is 2.80. The van der Waals surface area contributed by atoms with Crippen molar-refractivity contribution in [3.63, 3.8) is 0 Å². The molecule has 0 amide bonds. The molecule has 3 aromatic rings. The van der Waals surface area contributed by atoms with Crippen LogP contribution < -0.4 is 11.3 Å². The third kappa shape index (κ3) is 2.77. The van der Waals surface area contributed by atoms with Crippen molar-refractivity contribution in [1.82, 2.24) is 15.4 Å². The second-order valence-corrected chi connectivity index (χ2v) is 5.26. The minimum atomic E-state index is -0.129. The first-order valence-electron chi connectivity index (χ1n) is 6.93. The Labute approximate surface area is 124 Å². The molecule has 0 bridgehead atoms. The van der Waals surface area contributed by atoms with Crippen molar-refractivity contribution in [2.75, 3.05) is 0 Å². The third-order valence-corrected chi connectivity index (χ3v) is 3.58. The summed E-state index contributed by atoms with van der Waals surface area (Å²) in [6, 6.07) is 14.2. The highest BCUT2D eigenvalue weighted by molar-refractivity contribution is 5.79. The van der Waals surface area contributed by atoms with Gasteiger partial charge in [-0.2, -0.15) is 0 Å². The van der Waals surface area contributed by atoms with Gasteiger partial charge in [0.25, 0.3) is 0 Å². The number of aryl methyl sites for hydroxylation is 2. The van der Waals surface area contributed by atoms with Crippen molar-refractivity contribution in [1.29, 1.82) is 0 Å². The molecule has 0 saturated heterocycles. The molecule has 1 unspecified atom stereocenters. The van der Waals surface area contributed by atoms with Gasteiger partial charge in [-0.3, -0.25) is 15.8 Å². The van der Waals surface area contributed by atoms with Crippen LogP contribution >= 0.6 is 0 Å². The van der Waals surface area contributed by atoms with Crippen LogP contribution in [0.4, 0.5) is 0 Å². The molecule has 1 atom stereocenters. The van der Waals surface area contributed by atoms with E-state index >= 15 is 0 Å². The summed E-state index contributed by atoms with van der Waals surface area (Å²) in [4.78, 5) is 8.94. The number of rotatable bonds is 3. The number of nitrogens with zero attached hydrogens (tertiary/aromatic N) is 2. The number of nitrogens with two attached hydrogens (primary N) is 1. The minimum Gasteiger partial charge on any atom is -0.271 e. The van der Waals surface area contributed by atoms with Crippen LogP contribution in [0.2, 0.25) is 0 Å². The fourth-order valence-electron chi connectivity index (χ4n) is 2.50. The summed E-state index contributed by atoms with van der Waals surface area (Å²) < 4.78 is 0. The monoisotopic (exact) mass is 278 g/mol. The highest BCUT2D eigenvalue weighted by Crippen LogP contribution is 2.24. The summed E-state index contributed by atoms with van der Waals surface area (Å²) in [5.41, 5.74) is 8.02. The number of pyridine rings is 2. The molecule has 2 heterocycles. The van der Waals surface area contributed by atoms with Crippen molar-refractivity contribution in [2.45, 2.75) is 19.9 Å². The lowest BCUT2D eigenvalue weighted by atomic mass is 10.0. The van der Waals surface area contributed by atoms with Crippen LogP contribution in [0, 0.1) is 13.8 Å². The fraction of sp³-hybridized carbons (Fsp3) is 0.176. The Balaban J connectivity index is 2.06. The standard InChI is InChI=1S/C17H18N4/c1-11-7-8-19-16(9-11)17(21-18)14-5-6-15-13(10-14)4-3-12(2)20-15/h3-10,17,21H,18H2,1-2H3. The molecule has 0 saturated carbocycles. The van der Waals surface area contributed by atoms with E-state index in [0.717, 1.165) is 27.9 Å². The van der Waals surface area contributed by atoms with Crippen molar-refractivity contribution < 1.29 is 0 Å². The maximum Gasteiger partial charge on any atom is 0.0881 e. The average Bonchev–Trinajstić information content (AvgIpc) is 2.48. The normalized spacial score (nSPS) is 12.5. The van der Waals surface area contributed by atoms with Gasteiger partial charge in [0, 0.05) is 17.3 Å². The van der Waals surface area contributed by atoms with Crippen LogP contribution in [-0.4, -0.2) is 9.97 Å². The molecule has 21 heavy (non-hydrogen) atoms. The van der Waals surface area contributed by atoms with Gasteiger partial charge in [0.15, 0.2) is 0 Å². The second kappa shape index (κ2) is 5.60. The summed E-state index contributed by atoms with van der Waals surface area (Å²) >= 11 is 0. The van der Waals surface area contributed by atoms with Gasteiger partial charge in [-0.25, -0.2) is 5.43 Å². The van der Waals surface area contributed by atoms with Gasteiger partial charge in [-0.05, 0) is 55.3 Å². The number of hydrazine groups is 1. The van der Waals surface area contributed by atoms with E-state index in [4.69, 9.17) is 5.84 Å². The van der Waals surface area contributed by atoms with E-state index in [9.17, 15) is 0 Å². The van der Waals surface area contributed by atoms with E-state index < -0.39 is 0 Å². The molecule has 0 aliphatic heterocycles. The van der Waals surface area contributed by atoms with E-state index in [-0.39, 0.29) is 6.04 Å². The first kappa shape index (κ1) is 13.7. The first-order valence-corrected chi connectivity index (χ1v) is 6.93. The van der Waals surface area contributed by atoms with Gasteiger partial charge < -0.3 is 0 Å².